The van der Waals surface area contributed by atoms with Crippen molar-refractivity contribution in [3.63, 3.8) is 0 Å². The van der Waals surface area contributed by atoms with Gasteiger partial charge in [0.05, 0.1) is 36.5 Å². The Hall–Kier alpha value is -4.10. The topological polar surface area (TPSA) is 179 Å². The molecule has 4 aromatic rings. The van der Waals surface area contributed by atoms with E-state index in [-0.39, 0.29) is 12.2 Å². The number of hydrogen-bond acceptors (Lipinski definition) is 14. The van der Waals surface area contributed by atoms with E-state index in [0.29, 0.717) is 53.5 Å². The molecule has 10 rings (SSSR count). The maximum Gasteiger partial charge on any atom is 0.488 e. The Balaban J connectivity index is 0.000000145. The molecule has 64 heavy (non-hydrogen) atoms. The van der Waals surface area contributed by atoms with E-state index < -0.39 is 29.8 Å². The summed E-state index contributed by atoms with van der Waals surface area (Å²) < 4.78 is 25.7. The lowest BCUT2D eigenvalue weighted by atomic mass is 9.80. The lowest BCUT2D eigenvalue weighted by Crippen LogP contribution is -2.54. The number of nitrogens with two attached hydrogens (primary N) is 2. The third kappa shape index (κ3) is 9.58. The zero-order valence-electron chi connectivity index (χ0n) is 36.7. The summed E-state index contributed by atoms with van der Waals surface area (Å²) in [5, 5.41) is 21.8. The van der Waals surface area contributed by atoms with Crippen molar-refractivity contribution in [1.82, 2.24) is 10.1 Å². The average molecular weight is 981 g/mol. The van der Waals surface area contributed by atoms with Gasteiger partial charge >= 0.3 is 7.12 Å². The van der Waals surface area contributed by atoms with Crippen LogP contribution >= 0.6 is 39.1 Å². The fraction of sp³-hybridized carbons (Fsp3) is 0.435. The van der Waals surface area contributed by atoms with Crippen LogP contribution in [0.15, 0.2) is 87.3 Å². The molecule has 6 unspecified atom stereocenters. The highest BCUT2D eigenvalue weighted by Crippen LogP contribution is 2.54. The molecule has 0 radical (unpaired) electrons. The van der Waals surface area contributed by atoms with Crippen LogP contribution in [-0.4, -0.2) is 89.9 Å². The third-order valence-corrected chi connectivity index (χ3v) is 13.3. The Morgan fingerprint density at radius 2 is 1.19 bits per heavy atom. The van der Waals surface area contributed by atoms with Gasteiger partial charge in [0, 0.05) is 41.5 Å². The zero-order valence-corrected chi connectivity index (χ0v) is 39.8. The van der Waals surface area contributed by atoms with Gasteiger partial charge in [-0.3, -0.25) is 0 Å². The first-order chi connectivity index (χ1) is 30.3. The van der Waals surface area contributed by atoms with Gasteiger partial charge in [-0.05, 0) is 136 Å². The van der Waals surface area contributed by atoms with E-state index >= 15 is 0 Å². The van der Waals surface area contributed by atoms with Crippen LogP contribution in [0.25, 0.3) is 11.1 Å². The zero-order chi connectivity index (χ0) is 45.8. The molecular formula is C46H54BBrCl2N6O8. The monoisotopic (exact) mass is 978 g/mol. The van der Waals surface area contributed by atoms with Crippen LogP contribution in [0.1, 0.15) is 74.6 Å². The predicted molar refractivity (Wildman–Crippen MR) is 251 cm³/mol. The number of hydroxylamine groups is 4. The third-order valence-electron chi connectivity index (χ3n) is 12.4. The van der Waals surface area contributed by atoms with Crippen LogP contribution in [0.4, 0.5) is 0 Å². The summed E-state index contributed by atoms with van der Waals surface area (Å²) in [5.74, 6) is 2.27. The molecule has 4 spiro atoms. The number of nitrogens with zero attached hydrogens (tertiary/aromatic N) is 4. The minimum Gasteiger partial charge on any atom is -0.484 e. The van der Waals surface area contributed by atoms with Crippen LogP contribution in [0.3, 0.4) is 0 Å². The molecular weight excluding hydrogens is 926 g/mol. The normalized spacial score (nSPS) is 28.9. The molecule has 18 heteroatoms. The molecule has 2 saturated heterocycles. The van der Waals surface area contributed by atoms with Crippen LogP contribution < -0.4 is 26.4 Å². The van der Waals surface area contributed by atoms with Gasteiger partial charge < -0.3 is 40.5 Å². The molecule has 0 amide bonds. The summed E-state index contributed by atoms with van der Waals surface area (Å²) >= 11 is 15.5. The Morgan fingerprint density at radius 1 is 0.688 bits per heavy atom. The van der Waals surface area contributed by atoms with Gasteiger partial charge in [-0.15, -0.1) is 0 Å². The van der Waals surface area contributed by atoms with Gasteiger partial charge in [-0.2, -0.15) is 0 Å². The second kappa shape index (κ2) is 17.9. The predicted octanol–water partition coefficient (Wildman–Crippen LogP) is 7.22. The first-order valence-corrected chi connectivity index (χ1v) is 22.9. The lowest BCUT2D eigenvalue weighted by molar-refractivity contribution is -0.220. The fourth-order valence-electron chi connectivity index (χ4n) is 9.15. The first-order valence-electron chi connectivity index (χ1n) is 21.3. The van der Waals surface area contributed by atoms with Crippen molar-refractivity contribution in [1.29, 1.82) is 0 Å². The van der Waals surface area contributed by atoms with Crippen LogP contribution in [0.2, 0.25) is 10.0 Å². The number of fused-ring (bicyclic) bond motifs is 4. The van der Waals surface area contributed by atoms with Gasteiger partial charge in [0.25, 0.3) is 0 Å². The number of ether oxygens (including phenoxy) is 4. The number of guanidine groups is 2. The molecule has 6 N–H and O–H groups in total. The SMILES string of the molecule is CC1CCC2(CO1)CC1(N=C(N)N(C)O1)c1cc(Br)ccc1O2.Cc1cc(Cl)cc(-c2ccc3c(c2)C2(CC4(CCC(C)OC4)O3)N=C(N)N(C)O2)c1.Cc1cc(Cl)cc(B(O)O)c1. The van der Waals surface area contributed by atoms with Crippen LogP contribution in [-0.2, 0) is 30.6 Å². The van der Waals surface area contributed by atoms with Crippen LogP contribution in [0.5, 0.6) is 11.5 Å². The molecule has 6 aliphatic heterocycles. The summed E-state index contributed by atoms with van der Waals surface area (Å²) in [6, 6.07) is 23.0. The molecule has 2 fully saturated rings. The molecule has 0 bridgehead atoms. The minimum absolute atomic E-state index is 0.228. The second-order valence-corrected chi connectivity index (χ2v) is 19.5. The van der Waals surface area contributed by atoms with Crippen molar-refractivity contribution in [2.45, 2.75) is 101 Å². The number of halogens is 3. The smallest absolute Gasteiger partial charge is 0.484 e. The van der Waals surface area contributed by atoms with E-state index in [1.54, 1.807) is 26.2 Å². The highest BCUT2D eigenvalue weighted by atomic mass is 79.9. The van der Waals surface area contributed by atoms with Gasteiger partial charge in [-0.1, -0.05) is 57.3 Å². The number of rotatable bonds is 2. The maximum atomic E-state index is 8.77. The summed E-state index contributed by atoms with van der Waals surface area (Å²) in [5.41, 5.74) is 15.7. The second-order valence-electron chi connectivity index (χ2n) is 17.7. The molecule has 0 saturated carbocycles. The van der Waals surface area contributed by atoms with Gasteiger partial charge in [0.1, 0.15) is 22.7 Å². The molecule has 6 aliphatic rings. The summed E-state index contributed by atoms with van der Waals surface area (Å²) in [4.78, 5) is 21.8. The summed E-state index contributed by atoms with van der Waals surface area (Å²) in [6.45, 7) is 9.10. The van der Waals surface area contributed by atoms with Gasteiger partial charge in [0.2, 0.25) is 23.4 Å². The highest BCUT2D eigenvalue weighted by molar-refractivity contribution is 9.10. The molecule has 6 heterocycles. The van der Waals surface area contributed by atoms with E-state index in [9.17, 15) is 0 Å². The minimum atomic E-state index is -1.44. The Morgan fingerprint density at radius 3 is 1.64 bits per heavy atom. The van der Waals surface area contributed by atoms with Crippen molar-refractivity contribution in [3.8, 4) is 22.6 Å². The lowest BCUT2D eigenvalue weighted by Gasteiger charge is -2.47. The standard InChI is InChI=1S/C23H26ClN3O3.C16H20BrN3O3.C7H8BClO2/c1-14-8-17(10-18(24)9-14)16-4-5-20-19(11-16)23(26-21(25)27(3)30-23)12-22(29-20)7-6-15(2)28-13-22;1-10-5-6-15(9-21-10)8-16(19-14(18)20(2)23-16)12-7-11(17)3-4-13(12)22-15;1-5-2-6(8(10)11)4-7(9)3-5/h4-5,8-11,15H,6-7,12-13H2,1-3H3,(H2,25,26);3-4,7,10H,5-6,8-9H2,1-2H3,(H2,18,19);2-4,10-11H,1H3. The Labute approximate surface area is 392 Å². The van der Waals surface area contributed by atoms with Crippen LogP contribution in [0, 0.1) is 13.8 Å². The highest BCUT2D eigenvalue weighted by Gasteiger charge is 2.57. The largest absolute Gasteiger partial charge is 0.488 e. The van der Waals surface area contributed by atoms with Gasteiger partial charge in [-0.25, -0.2) is 29.8 Å². The number of aryl methyl sites for hydroxylation is 2. The van der Waals surface area contributed by atoms with Crippen molar-refractivity contribution >= 4 is 63.6 Å². The van der Waals surface area contributed by atoms with E-state index in [2.05, 4.69) is 53.0 Å². The van der Waals surface area contributed by atoms with Crippen molar-refractivity contribution in [2.75, 3.05) is 27.3 Å². The fourth-order valence-corrected chi connectivity index (χ4v) is 10.1. The first kappa shape index (κ1) is 46.4. The van der Waals surface area contributed by atoms with E-state index in [4.69, 9.17) is 78.3 Å². The summed E-state index contributed by atoms with van der Waals surface area (Å²) in [7, 11) is 2.11. The number of benzene rings is 4. The molecule has 14 nitrogen and oxygen atoms in total. The number of aliphatic imine (C=N–C) groups is 2. The molecule has 4 aromatic carbocycles. The molecule has 0 aliphatic carbocycles. The number of hydrogen-bond donors (Lipinski definition) is 4. The van der Waals surface area contributed by atoms with Gasteiger partial charge in [0.15, 0.2) is 0 Å². The van der Waals surface area contributed by atoms with E-state index in [1.807, 2.05) is 50.2 Å². The summed E-state index contributed by atoms with van der Waals surface area (Å²) in [6.07, 6.45) is 5.29. The van der Waals surface area contributed by atoms with E-state index in [1.165, 1.54) is 16.2 Å². The molecule has 0 aromatic heterocycles. The maximum absolute atomic E-state index is 8.77. The van der Waals surface area contributed by atoms with E-state index in [0.717, 1.165) is 75.0 Å². The Kier molecular flexibility index (Phi) is 13.0. The quantitative estimate of drug-likeness (QED) is 0.149. The Bertz CT molecular complexity index is 2430. The van der Waals surface area contributed by atoms with Crippen molar-refractivity contribution < 1.29 is 38.7 Å². The van der Waals surface area contributed by atoms with Crippen molar-refractivity contribution in [2.24, 2.45) is 21.5 Å². The van der Waals surface area contributed by atoms with Crippen molar-refractivity contribution in [3.05, 3.63) is 110 Å². The average Bonchev–Trinajstić information content (AvgIpc) is 3.68. The molecule has 340 valence electrons. The molecule has 6 atom stereocenters.